The predicted octanol–water partition coefficient (Wildman–Crippen LogP) is 1.37. The Morgan fingerprint density at radius 3 is 2.92 bits per heavy atom. The maximum Gasteiger partial charge on any atom is 0.208 e. The van der Waals surface area contributed by atoms with E-state index < -0.39 is 18.4 Å². The van der Waals surface area contributed by atoms with Gasteiger partial charge in [0.25, 0.3) is 0 Å². The molecule has 0 spiro atoms. The number of nitrogen functional groups attached to an aromatic ring is 1. The standard InChI is InChI=1S/C18H25N5O3/c1-2-3-4-5-6-7-8-14-21-16(19)15-17(22-14)23(11-20-15)18-13(25)9-12(10-24)26-18/h11-13,18,24-25H,2-6,9-10H2,1H3,(H2,19,21,22)/t12-,13+,18+/m0/s1. The summed E-state index contributed by atoms with van der Waals surface area (Å²) in [6, 6.07) is 0. The van der Waals surface area contributed by atoms with E-state index in [4.69, 9.17) is 10.5 Å². The molecule has 1 aliphatic rings. The number of hydrogen-bond donors (Lipinski definition) is 3. The third-order valence-electron chi connectivity index (χ3n) is 4.45. The summed E-state index contributed by atoms with van der Waals surface area (Å²) in [6.07, 6.45) is 5.48. The molecule has 0 unspecified atom stereocenters. The first-order valence-electron chi connectivity index (χ1n) is 9.07. The second kappa shape index (κ2) is 8.45. The van der Waals surface area contributed by atoms with Gasteiger partial charge in [-0.25, -0.2) is 15.0 Å². The first-order chi connectivity index (χ1) is 12.6. The highest BCUT2D eigenvalue weighted by Crippen LogP contribution is 2.31. The number of aliphatic hydroxyl groups is 2. The minimum Gasteiger partial charge on any atom is -0.394 e. The SMILES string of the molecule is CCCCCCC#Cc1nc(N)c2ncn([C@@H]3O[C@H](CO)C[C@H]3O)c2n1. The highest BCUT2D eigenvalue weighted by molar-refractivity contribution is 5.82. The molecule has 1 fully saturated rings. The number of imidazole rings is 1. The summed E-state index contributed by atoms with van der Waals surface area (Å²) >= 11 is 0. The van der Waals surface area contributed by atoms with Crippen LogP contribution >= 0.6 is 0 Å². The van der Waals surface area contributed by atoms with Crippen LogP contribution in [0.1, 0.15) is 57.5 Å². The summed E-state index contributed by atoms with van der Waals surface area (Å²) in [7, 11) is 0. The van der Waals surface area contributed by atoms with E-state index in [1.54, 1.807) is 4.57 Å². The number of ether oxygens (including phenoxy) is 1. The summed E-state index contributed by atoms with van der Waals surface area (Å²) in [5, 5.41) is 19.5. The van der Waals surface area contributed by atoms with Crippen LogP contribution in [0.5, 0.6) is 0 Å². The first-order valence-corrected chi connectivity index (χ1v) is 9.07. The Morgan fingerprint density at radius 2 is 2.19 bits per heavy atom. The van der Waals surface area contributed by atoms with Gasteiger partial charge in [-0.05, 0) is 12.3 Å². The quantitative estimate of drug-likeness (QED) is 0.526. The zero-order valence-electron chi connectivity index (χ0n) is 14.9. The zero-order chi connectivity index (χ0) is 18.5. The minimum atomic E-state index is -0.756. The van der Waals surface area contributed by atoms with Crippen molar-refractivity contribution in [3.05, 3.63) is 12.2 Å². The highest BCUT2D eigenvalue weighted by Gasteiger charge is 2.36. The van der Waals surface area contributed by atoms with Crippen molar-refractivity contribution in [1.82, 2.24) is 19.5 Å². The molecule has 8 heteroatoms. The number of unbranched alkanes of at least 4 members (excludes halogenated alkanes) is 4. The number of aliphatic hydroxyl groups excluding tert-OH is 2. The highest BCUT2D eigenvalue weighted by atomic mass is 16.5. The molecule has 0 saturated carbocycles. The fourth-order valence-corrected chi connectivity index (χ4v) is 3.06. The van der Waals surface area contributed by atoms with Gasteiger partial charge in [0.05, 0.1) is 19.0 Å². The van der Waals surface area contributed by atoms with Gasteiger partial charge >= 0.3 is 0 Å². The average Bonchev–Trinajstić information content (AvgIpc) is 3.21. The van der Waals surface area contributed by atoms with Gasteiger partial charge in [-0.1, -0.05) is 32.1 Å². The Labute approximate surface area is 152 Å². The molecule has 0 amide bonds. The van der Waals surface area contributed by atoms with Crippen LogP contribution in [0.3, 0.4) is 0 Å². The van der Waals surface area contributed by atoms with Crippen molar-refractivity contribution in [1.29, 1.82) is 0 Å². The molecule has 1 aliphatic heterocycles. The second-order valence-corrected chi connectivity index (χ2v) is 6.50. The number of fused-ring (bicyclic) bond motifs is 1. The topological polar surface area (TPSA) is 119 Å². The molecular weight excluding hydrogens is 334 g/mol. The molecule has 140 valence electrons. The Bertz CT molecular complexity index is 810. The lowest BCUT2D eigenvalue weighted by molar-refractivity contribution is -0.0486. The zero-order valence-corrected chi connectivity index (χ0v) is 14.9. The van der Waals surface area contributed by atoms with E-state index in [0.29, 0.717) is 23.4 Å². The summed E-state index contributed by atoms with van der Waals surface area (Å²) in [4.78, 5) is 12.9. The van der Waals surface area contributed by atoms with E-state index >= 15 is 0 Å². The molecule has 3 rings (SSSR count). The number of aromatic nitrogens is 4. The minimum absolute atomic E-state index is 0.147. The smallest absolute Gasteiger partial charge is 0.208 e. The fraction of sp³-hybridized carbons (Fsp3) is 0.611. The molecule has 3 atom stereocenters. The molecule has 0 bridgehead atoms. The van der Waals surface area contributed by atoms with Crippen molar-refractivity contribution in [2.45, 2.75) is 63.9 Å². The van der Waals surface area contributed by atoms with E-state index in [1.807, 2.05) is 0 Å². The third-order valence-corrected chi connectivity index (χ3v) is 4.45. The Balaban J connectivity index is 1.82. The van der Waals surface area contributed by atoms with Crippen LogP contribution in [0, 0.1) is 11.8 Å². The molecule has 2 aromatic heterocycles. The van der Waals surface area contributed by atoms with E-state index in [-0.39, 0.29) is 12.4 Å². The van der Waals surface area contributed by atoms with Crippen LogP contribution in [-0.4, -0.2) is 48.5 Å². The van der Waals surface area contributed by atoms with Crippen molar-refractivity contribution >= 4 is 17.0 Å². The molecule has 0 aromatic carbocycles. The maximum atomic E-state index is 10.2. The van der Waals surface area contributed by atoms with Gasteiger partial charge in [-0.2, -0.15) is 0 Å². The maximum absolute atomic E-state index is 10.2. The summed E-state index contributed by atoms with van der Waals surface area (Å²) < 4.78 is 7.30. The first kappa shape index (κ1) is 18.6. The van der Waals surface area contributed by atoms with Crippen LogP contribution in [-0.2, 0) is 4.74 Å². The van der Waals surface area contributed by atoms with Crippen LogP contribution in [0.25, 0.3) is 11.2 Å². The predicted molar refractivity (Wildman–Crippen MR) is 97.0 cm³/mol. The van der Waals surface area contributed by atoms with Gasteiger partial charge in [-0.15, -0.1) is 0 Å². The normalized spacial score (nSPS) is 22.5. The fourth-order valence-electron chi connectivity index (χ4n) is 3.06. The Hall–Kier alpha value is -2.21. The third kappa shape index (κ3) is 3.96. The molecule has 8 nitrogen and oxygen atoms in total. The number of hydrogen-bond acceptors (Lipinski definition) is 7. The van der Waals surface area contributed by atoms with Gasteiger partial charge in [0.1, 0.15) is 11.6 Å². The van der Waals surface area contributed by atoms with E-state index in [9.17, 15) is 10.2 Å². The molecule has 0 radical (unpaired) electrons. The summed E-state index contributed by atoms with van der Waals surface area (Å²) in [5.41, 5.74) is 6.90. The van der Waals surface area contributed by atoms with Gasteiger partial charge in [-0.3, -0.25) is 4.57 Å². The van der Waals surface area contributed by atoms with Crippen molar-refractivity contribution in [2.24, 2.45) is 0 Å². The lowest BCUT2D eigenvalue weighted by atomic mass is 10.2. The van der Waals surface area contributed by atoms with Gasteiger partial charge in [0.15, 0.2) is 17.7 Å². The van der Waals surface area contributed by atoms with Crippen molar-refractivity contribution in [3.8, 4) is 11.8 Å². The van der Waals surface area contributed by atoms with Crippen molar-refractivity contribution in [2.75, 3.05) is 12.3 Å². The van der Waals surface area contributed by atoms with Gasteiger partial charge in [0, 0.05) is 12.8 Å². The average molecular weight is 359 g/mol. The summed E-state index contributed by atoms with van der Waals surface area (Å²) in [6.45, 7) is 2.03. The molecule has 3 heterocycles. The van der Waals surface area contributed by atoms with Crippen LogP contribution in [0.2, 0.25) is 0 Å². The number of nitrogens with two attached hydrogens (primary N) is 1. The van der Waals surface area contributed by atoms with Gasteiger partial charge < -0.3 is 20.7 Å². The summed E-state index contributed by atoms with van der Waals surface area (Å²) in [5.74, 6) is 6.62. The molecule has 1 saturated heterocycles. The van der Waals surface area contributed by atoms with Crippen molar-refractivity contribution in [3.63, 3.8) is 0 Å². The molecule has 4 N–H and O–H groups in total. The molecular formula is C18H25N5O3. The van der Waals surface area contributed by atoms with Gasteiger partial charge in [0.2, 0.25) is 5.82 Å². The van der Waals surface area contributed by atoms with Crippen LogP contribution in [0.15, 0.2) is 6.33 Å². The number of anilines is 1. The monoisotopic (exact) mass is 359 g/mol. The van der Waals surface area contributed by atoms with E-state index in [2.05, 4.69) is 33.7 Å². The largest absolute Gasteiger partial charge is 0.394 e. The lowest BCUT2D eigenvalue weighted by Gasteiger charge is -2.16. The number of nitrogens with zero attached hydrogens (tertiary/aromatic N) is 4. The van der Waals surface area contributed by atoms with E-state index in [0.717, 1.165) is 12.8 Å². The number of rotatable bonds is 6. The van der Waals surface area contributed by atoms with Crippen molar-refractivity contribution < 1.29 is 14.9 Å². The molecule has 26 heavy (non-hydrogen) atoms. The molecule has 0 aliphatic carbocycles. The Kier molecular flexibility index (Phi) is 6.04. The van der Waals surface area contributed by atoms with Crippen LogP contribution < -0.4 is 5.73 Å². The Morgan fingerprint density at radius 1 is 1.35 bits per heavy atom. The van der Waals surface area contributed by atoms with Crippen LogP contribution in [0.4, 0.5) is 5.82 Å². The second-order valence-electron chi connectivity index (χ2n) is 6.50. The lowest BCUT2D eigenvalue weighted by Crippen LogP contribution is -2.19. The molecule has 2 aromatic rings. The van der Waals surface area contributed by atoms with E-state index in [1.165, 1.54) is 25.6 Å².